The fourth-order valence-corrected chi connectivity index (χ4v) is 9.28. The van der Waals surface area contributed by atoms with Crippen LogP contribution in [-0.2, 0) is 14.3 Å². The fourth-order valence-electron chi connectivity index (χ4n) is 9.28. The van der Waals surface area contributed by atoms with Crippen molar-refractivity contribution in [1.82, 2.24) is 5.32 Å². The van der Waals surface area contributed by atoms with Crippen LogP contribution >= 0.6 is 0 Å². The quantitative estimate of drug-likeness (QED) is 0.0261. The van der Waals surface area contributed by atoms with Gasteiger partial charge in [-0.05, 0) is 89.9 Å². The Kier molecular flexibility index (Phi) is 50.9. The van der Waals surface area contributed by atoms with Gasteiger partial charge >= 0.3 is 0 Å². The number of unbranched alkanes of at least 4 members (excludes halogenated alkanes) is 28. The lowest BCUT2D eigenvalue weighted by molar-refractivity contribution is -0.302. The number of carbonyl (C=O) groups is 1. The highest BCUT2D eigenvalue weighted by Crippen LogP contribution is 2.23. The van der Waals surface area contributed by atoms with Crippen molar-refractivity contribution < 1.29 is 39.8 Å². The molecule has 9 nitrogen and oxygen atoms in total. The molecule has 0 aliphatic carbocycles. The minimum Gasteiger partial charge on any atom is -0.394 e. The fraction of sp³-hybridized carbons (Fsp3) is 0.742. The van der Waals surface area contributed by atoms with Gasteiger partial charge in [-0.25, -0.2) is 0 Å². The van der Waals surface area contributed by atoms with E-state index in [9.17, 15) is 30.3 Å². The third-order valence-corrected chi connectivity index (χ3v) is 14.1. The van der Waals surface area contributed by atoms with E-state index in [0.29, 0.717) is 6.42 Å². The van der Waals surface area contributed by atoms with Crippen LogP contribution in [0.4, 0.5) is 0 Å². The number of carbonyl (C=O) groups excluding carboxylic acids is 1. The molecule has 1 amide bonds. The largest absolute Gasteiger partial charge is 0.394 e. The first-order valence-electron chi connectivity index (χ1n) is 31.0. The number of aliphatic hydroxyl groups excluding tert-OH is 5. The van der Waals surface area contributed by atoms with Crippen LogP contribution < -0.4 is 5.32 Å². The molecule has 1 saturated heterocycles. The molecule has 0 aromatic carbocycles. The Hall–Kier alpha value is -2.89. The van der Waals surface area contributed by atoms with E-state index >= 15 is 0 Å². The number of aliphatic hydroxyl groups is 5. The average molecular weight is 1050 g/mol. The van der Waals surface area contributed by atoms with Gasteiger partial charge in [-0.2, -0.15) is 0 Å². The number of hydrogen-bond donors (Lipinski definition) is 6. The predicted molar refractivity (Wildman–Crippen MR) is 318 cm³/mol. The summed E-state index contributed by atoms with van der Waals surface area (Å²) in [5.74, 6) is -0.193. The Morgan fingerprint density at radius 2 is 0.840 bits per heavy atom. The second-order valence-corrected chi connectivity index (χ2v) is 21.1. The molecule has 432 valence electrons. The Balaban J connectivity index is 2.21. The predicted octanol–water partition coefficient (Wildman–Crippen LogP) is 16.0. The van der Waals surface area contributed by atoms with Crippen molar-refractivity contribution in [3.8, 4) is 0 Å². The molecule has 6 N–H and O–H groups in total. The van der Waals surface area contributed by atoms with E-state index < -0.39 is 49.5 Å². The van der Waals surface area contributed by atoms with Crippen LogP contribution in [0.1, 0.15) is 258 Å². The molecule has 0 aromatic rings. The van der Waals surface area contributed by atoms with Crippen molar-refractivity contribution in [1.29, 1.82) is 0 Å². The molecule has 1 aliphatic rings. The Morgan fingerprint density at radius 1 is 0.467 bits per heavy atom. The molecule has 0 radical (unpaired) electrons. The minimum atomic E-state index is -1.58. The molecule has 1 aliphatic heterocycles. The minimum absolute atomic E-state index is 0.193. The third-order valence-electron chi connectivity index (χ3n) is 14.1. The normalized spacial score (nSPS) is 19.6. The van der Waals surface area contributed by atoms with Crippen molar-refractivity contribution in [2.75, 3.05) is 13.2 Å². The van der Waals surface area contributed by atoms with Gasteiger partial charge in [0.25, 0.3) is 0 Å². The number of hydrogen-bond acceptors (Lipinski definition) is 8. The summed E-state index contributed by atoms with van der Waals surface area (Å²) < 4.78 is 11.3. The molecule has 1 rings (SSSR count). The maximum absolute atomic E-state index is 13.1. The number of amides is 1. The zero-order valence-corrected chi connectivity index (χ0v) is 48.0. The average Bonchev–Trinajstić information content (AvgIpc) is 3.41. The number of ether oxygens (including phenoxy) is 2. The summed E-state index contributed by atoms with van der Waals surface area (Å²) in [5.41, 5.74) is 0. The highest BCUT2D eigenvalue weighted by molar-refractivity contribution is 5.76. The molecule has 1 heterocycles. The summed E-state index contributed by atoms with van der Waals surface area (Å²) in [5, 5.41) is 54.6. The first kappa shape index (κ1) is 70.1. The van der Waals surface area contributed by atoms with E-state index in [1.165, 1.54) is 161 Å². The van der Waals surface area contributed by atoms with E-state index in [2.05, 4.69) is 104 Å². The van der Waals surface area contributed by atoms with Gasteiger partial charge in [0, 0.05) is 6.42 Å². The zero-order valence-electron chi connectivity index (χ0n) is 48.0. The highest BCUT2D eigenvalue weighted by atomic mass is 16.7. The first-order chi connectivity index (χ1) is 36.8. The highest BCUT2D eigenvalue weighted by Gasteiger charge is 2.44. The maximum atomic E-state index is 13.1. The van der Waals surface area contributed by atoms with Crippen LogP contribution in [0.25, 0.3) is 0 Å². The van der Waals surface area contributed by atoms with Gasteiger partial charge in [0.05, 0.1) is 25.4 Å². The van der Waals surface area contributed by atoms with Gasteiger partial charge in [-0.1, -0.05) is 259 Å². The van der Waals surface area contributed by atoms with Crippen LogP contribution in [0, 0.1) is 0 Å². The molecule has 0 aromatic heterocycles. The SMILES string of the molecule is CC/C=C\C/C=C\C/C=C\C/C=C\C/C=C\CCCCCCCCCCCCCCCCCC(=O)NC(COC1OC(CO)C(O)C(O)C1O)C(O)/C=C/CC/C=C/CC/C=C/CCCCCCCCCCCCC. The lowest BCUT2D eigenvalue weighted by atomic mass is 9.99. The van der Waals surface area contributed by atoms with Gasteiger partial charge < -0.3 is 40.3 Å². The van der Waals surface area contributed by atoms with Crippen molar-refractivity contribution in [2.45, 2.75) is 301 Å². The van der Waals surface area contributed by atoms with Crippen LogP contribution in [-0.4, -0.2) is 87.5 Å². The standard InChI is InChI=1S/C66H115NO8/c1-3-5-7-9-11-13-15-17-19-21-23-25-26-27-28-29-30-31-32-33-34-36-38-40-42-44-46-48-50-52-54-56-62(70)67-59(58-74-66-65(73)64(72)63(71)61(57-68)75-66)60(69)55-53-51-49-47-45-43-41-39-37-35-24-22-20-18-16-14-12-10-8-6-4-2/h5,7,11,13,17,19,23,25,27-28,37,39,45,47,53,55,59-61,63-66,68-69,71-73H,3-4,6,8-10,12,14-16,18,20-22,24,26,29-36,38,40-44,46,48-52,54,56-58H2,1-2H3,(H,67,70)/b7-5-,13-11-,19-17-,25-23-,28-27-,39-37+,47-45+,55-53+. The molecule has 1 fully saturated rings. The van der Waals surface area contributed by atoms with E-state index in [0.717, 1.165) is 77.0 Å². The summed E-state index contributed by atoms with van der Waals surface area (Å²) in [4.78, 5) is 13.1. The van der Waals surface area contributed by atoms with Crippen LogP contribution in [0.2, 0.25) is 0 Å². The van der Waals surface area contributed by atoms with Gasteiger partial charge in [0.15, 0.2) is 6.29 Å². The summed E-state index contributed by atoms with van der Waals surface area (Å²) in [6, 6.07) is -0.834. The second-order valence-electron chi connectivity index (χ2n) is 21.1. The van der Waals surface area contributed by atoms with E-state index in [1.807, 2.05) is 6.08 Å². The summed E-state index contributed by atoms with van der Waals surface area (Å²) >= 11 is 0. The zero-order chi connectivity index (χ0) is 54.3. The van der Waals surface area contributed by atoms with Crippen molar-refractivity contribution in [3.63, 3.8) is 0 Å². The van der Waals surface area contributed by atoms with Gasteiger partial charge in [-0.3, -0.25) is 4.79 Å². The summed E-state index contributed by atoms with van der Waals surface area (Å²) in [7, 11) is 0. The second kappa shape index (κ2) is 54.5. The maximum Gasteiger partial charge on any atom is 0.220 e. The number of rotatable bonds is 52. The van der Waals surface area contributed by atoms with E-state index in [1.54, 1.807) is 6.08 Å². The van der Waals surface area contributed by atoms with Gasteiger partial charge in [-0.15, -0.1) is 0 Å². The number of nitrogens with one attached hydrogen (secondary N) is 1. The van der Waals surface area contributed by atoms with Crippen molar-refractivity contribution >= 4 is 5.91 Å². The summed E-state index contributed by atoms with van der Waals surface area (Å²) in [6.45, 7) is 3.66. The molecule has 0 bridgehead atoms. The lowest BCUT2D eigenvalue weighted by Gasteiger charge is -2.40. The van der Waals surface area contributed by atoms with Crippen molar-refractivity contribution in [2.24, 2.45) is 0 Å². The topological polar surface area (TPSA) is 149 Å². The Morgan fingerprint density at radius 3 is 1.28 bits per heavy atom. The van der Waals surface area contributed by atoms with Crippen molar-refractivity contribution in [3.05, 3.63) is 97.2 Å². The van der Waals surface area contributed by atoms with Gasteiger partial charge in [0.1, 0.15) is 24.4 Å². The van der Waals surface area contributed by atoms with Crippen LogP contribution in [0.3, 0.4) is 0 Å². The summed E-state index contributed by atoms with van der Waals surface area (Å²) in [6.07, 6.45) is 72.0. The number of allylic oxidation sites excluding steroid dienone is 15. The first-order valence-corrected chi connectivity index (χ1v) is 31.0. The molecular weight excluding hydrogens is 935 g/mol. The Bertz CT molecular complexity index is 1500. The monoisotopic (exact) mass is 1050 g/mol. The van der Waals surface area contributed by atoms with Crippen LogP contribution in [0.15, 0.2) is 97.2 Å². The lowest BCUT2D eigenvalue weighted by Crippen LogP contribution is -2.60. The Labute approximate surface area is 460 Å². The molecular formula is C66H115NO8. The molecule has 75 heavy (non-hydrogen) atoms. The molecule has 0 saturated carbocycles. The third kappa shape index (κ3) is 43.7. The molecule has 9 heteroatoms. The van der Waals surface area contributed by atoms with Gasteiger partial charge in [0.2, 0.25) is 5.91 Å². The van der Waals surface area contributed by atoms with Crippen LogP contribution in [0.5, 0.6) is 0 Å². The molecule has 0 spiro atoms. The van der Waals surface area contributed by atoms with E-state index in [4.69, 9.17) is 9.47 Å². The van der Waals surface area contributed by atoms with E-state index in [-0.39, 0.29) is 12.5 Å². The molecule has 7 unspecified atom stereocenters. The smallest absolute Gasteiger partial charge is 0.220 e. The molecule has 7 atom stereocenters.